The second-order valence-electron chi connectivity index (χ2n) is 5.57. The van der Waals surface area contributed by atoms with Crippen LogP contribution in [0.15, 0.2) is 12.4 Å². The van der Waals surface area contributed by atoms with Gasteiger partial charge < -0.3 is 9.88 Å². The minimum atomic E-state index is -0.255. The van der Waals surface area contributed by atoms with Crippen molar-refractivity contribution in [1.82, 2.24) is 24.6 Å². The topological polar surface area (TPSA) is 64.7 Å². The van der Waals surface area contributed by atoms with E-state index in [1.807, 2.05) is 36.2 Å². The third-order valence-corrected chi connectivity index (χ3v) is 4.17. The quantitative estimate of drug-likeness (QED) is 0.887. The lowest BCUT2D eigenvalue weighted by Crippen LogP contribution is -2.33. The average molecular weight is 303 g/mol. The molecule has 2 aromatic heterocycles. The molecule has 2 heterocycles. The maximum atomic E-state index is 12.2. The molecule has 6 heteroatoms. The summed E-state index contributed by atoms with van der Waals surface area (Å²) >= 11 is 0. The summed E-state index contributed by atoms with van der Waals surface area (Å²) in [5.41, 5.74) is 3.57. The van der Waals surface area contributed by atoms with Gasteiger partial charge in [0.15, 0.2) is 0 Å². The molecule has 1 N–H and O–H groups in total. The second kappa shape index (κ2) is 6.77. The molecule has 6 nitrogen and oxygen atoms in total. The Morgan fingerprint density at radius 2 is 2.09 bits per heavy atom. The summed E-state index contributed by atoms with van der Waals surface area (Å²) in [6.07, 6.45) is 4.52. The van der Waals surface area contributed by atoms with Crippen LogP contribution in [0.1, 0.15) is 42.7 Å². The van der Waals surface area contributed by atoms with Crippen molar-refractivity contribution in [3.8, 4) is 0 Å². The van der Waals surface area contributed by atoms with Crippen LogP contribution in [0.2, 0.25) is 0 Å². The Hall–Kier alpha value is -2.11. The number of aryl methyl sites for hydroxylation is 2. The van der Waals surface area contributed by atoms with Gasteiger partial charge in [0.25, 0.3) is 0 Å². The van der Waals surface area contributed by atoms with Gasteiger partial charge in [-0.3, -0.25) is 9.48 Å². The van der Waals surface area contributed by atoms with Gasteiger partial charge in [-0.1, -0.05) is 6.92 Å². The van der Waals surface area contributed by atoms with Crippen LogP contribution in [0.3, 0.4) is 0 Å². The van der Waals surface area contributed by atoms with E-state index in [4.69, 9.17) is 0 Å². The number of carbonyl (C=O) groups is 1. The van der Waals surface area contributed by atoms with Crippen LogP contribution in [0, 0.1) is 20.8 Å². The van der Waals surface area contributed by atoms with E-state index in [0.717, 1.165) is 17.9 Å². The maximum absolute atomic E-state index is 12.2. The number of hydrogen-bond acceptors (Lipinski definition) is 3. The summed E-state index contributed by atoms with van der Waals surface area (Å²) in [4.78, 5) is 16.4. The van der Waals surface area contributed by atoms with Crippen molar-refractivity contribution in [3.63, 3.8) is 0 Å². The standard InChI is InChI=1S/C16H25N5O/c1-6-15-11(2)19-21(12(15)3)10-8-18-16(22)13(4)20-9-7-17-14(20)5/h7,9,13H,6,8,10H2,1-5H3,(H,18,22)/t13-/m1/s1. The molecule has 0 fully saturated rings. The lowest BCUT2D eigenvalue weighted by molar-refractivity contribution is -0.123. The summed E-state index contributed by atoms with van der Waals surface area (Å²) in [5.74, 6) is 0.840. The van der Waals surface area contributed by atoms with E-state index >= 15 is 0 Å². The lowest BCUT2D eigenvalue weighted by Gasteiger charge is -2.15. The van der Waals surface area contributed by atoms with Gasteiger partial charge in [0.05, 0.1) is 12.2 Å². The first-order valence-corrected chi connectivity index (χ1v) is 7.75. The van der Waals surface area contributed by atoms with Crippen LogP contribution in [-0.4, -0.2) is 31.8 Å². The molecule has 120 valence electrons. The molecular formula is C16H25N5O. The highest BCUT2D eigenvalue weighted by Gasteiger charge is 2.16. The smallest absolute Gasteiger partial charge is 0.242 e. The van der Waals surface area contributed by atoms with Gasteiger partial charge in [-0.2, -0.15) is 5.10 Å². The van der Waals surface area contributed by atoms with Crippen molar-refractivity contribution in [2.24, 2.45) is 0 Å². The minimum Gasteiger partial charge on any atom is -0.352 e. The maximum Gasteiger partial charge on any atom is 0.242 e. The fourth-order valence-electron chi connectivity index (χ4n) is 2.82. The highest BCUT2D eigenvalue weighted by Crippen LogP contribution is 2.13. The number of hydrogen-bond donors (Lipinski definition) is 1. The van der Waals surface area contributed by atoms with Crippen molar-refractivity contribution in [1.29, 1.82) is 0 Å². The van der Waals surface area contributed by atoms with Gasteiger partial charge in [0, 0.05) is 24.6 Å². The normalized spacial score (nSPS) is 12.4. The molecule has 2 rings (SSSR count). The molecule has 0 bridgehead atoms. The summed E-state index contributed by atoms with van der Waals surface area (Å²) in [6.45, 7) is 11.3. The van der Waals surface area contributed by atoms with E-state index < -0.39 is 0 Å². The van der Waals surface area contributed by atoms with Gasteiger partial charge in [-0.05, 0) is 39.7 Å². The van der Waals surface area contributed by atoms with Crippen LogP contribution >= 0.6 is 0 Å². The van der Waals surface area contributed by atoms with Crippen LogP contribution in [-0.2, 0) is 17.8 Å². The van der Waals surface area contributed by atoms with E-state index in [-0.39, 0.29) is 11.9 Å². The molecule has 0 aliphatic rings. The summed E-state index contributed by atoms with van der Waals surface area (Å²) in [5, 5.41) is 7.51. The van der Waals surface area contributed by atoms with E-state index in [9.17, 15) is 4.79 Å². The lowest BCUT2D eigenvalue weighted by atomic mass is 10.1. The highest BCUT2D eigenvalue weighted by molar-refractivity contribution is 5.79. The molecule has 1 atom stereocenters. The monoisotopic (exact) mass is 303 g/mol. The van der Waals surface area contributed by atoms with Crippen LogP contribution in [0.4, 0.5) is 0 Å². The summed E-state index contributed by atoms with van der Waals surface area (Å²) in [7, 11) is 0. The Labute approximate surface area is 131 Å². The van der Waals surface area contributed by atoms with Crippen molar-refractivity contribution >= 4 is 5.91 Å². The van der Waals surface area contributed by atoms with Crippen LogP contribution < -0.4 is 5.32 Å². The Morgan fingerprint density at radius 1 is 1.36 bits per heavy atom. The molecule has 0 aromatic carbocycles. The predicted octanol–water partition coefficient (Wildman–Crippen LogP) is 1.94. The van der Waals surface area contributed by atoms with Gasteiger partial charge in [-0.15, -0.1) is 0 Å². The fraction of sp³-hybridized carbons (Fsp3) is 0.562. The molecule has 2 aromatic rings. The first-order chi connectivity index (χ1) is 10.5. The van der Waals surface area contributed by atoms with E-state index in [0.29, 0.717) is 13.1 Å². The van der Waals surface area contributed by atoms with Crippen molar-refractivity contribution < 1.29 is 4.79 Å². The minimum absolute atomic E-state index is 0.00153. The average Bonchev–Trinajstić information content (AvgIpc) is 3.02. The Morgan fingerprint density at radius 3 is 2.64 bits per heavy atom. The number of nitrogens with zero attached hydrogens (tertiary/aromatic N) is 4. The van der Waals surface area contributed by atoms with Crippen LogP contribution in [0.25, 0.3) is 0 Å². The zero-order valence-corrected chi connectivity index (χ0v) is 14.1. The molecule has 1 amide bonds. The number of carbonyl (C=O) groups excluding carboxylic acids is 1. The van der Waals surface area contributed by atoms with E-state index in [2.05, 4.69) is 29.2 Å². The molecule has 0 radical (unpaired) electrons. The van der Waals surface area contributed by atoms with Crippen molar-refractivity contribution in [3.05, 3.63) is 35.2 Å². The summed E-state index contributed by atoms with van der Waals surface area (Å²) in [6, 6.07) is -0.255. The first-order valence-electron chi connectivity index (χ1n) is 7.75. The first kappa shape index (κ1) is 16.3. The van der Waals surface area contributed by atoms with E-state index in [1.54, 1.807) is 6.20 Å². The molecule has 0 saturated heterocycles. The number of imidazole rings is 1. The predicted molar refractivity (Wildman–Crippen MR) is 85.8 cm³/mol. The third-order valence-electron chi connectivity index (χ3n) is 4.17. The Balaban J connectivity index is 1.91. The second-order valence-corrected chi connectivity index (χ2v) is 5.57. The third kappa shape index (κ3) is 3.21. The van der Waals surface area contributed by atoms with Gasteiger partial charge >= 0.3 is 0 Å². The molecule has 0 aliphatic heterocycles. The molecule has 0 saturated carbocycles. The van der Waals surface area contributed by atoms with E-state index in [1.165, 1.54) is 11.3 Å². The molecule has 0 unspecified atom stereocenters. The van der Waals surface area contributed by atoms with Gasteiger partial charge in [0.1, 0.15) is 11.9 Å². The van der Waals surface area contributed by atoms with Crippen molar-refractivity contribution in [2.45, 2.75) is 53.6 Å². The zero-order chi connectivity index (χ0) is 16.3. The van der Waals surface area contributed by atoms with Gasteiger partial charge in [0.2, 0.25) is 5.91 Å². The number of aromatic nitrogens is 4. The largest absolute Gasteiger partial charge is 0.352 e. The Kier molecular flexibility index (Phi) is 5.00. The Bertz CT molecular complexity index is 656. The highest BCUT2D eigenvalue weighted by atomic mass is 16.2. The van der Waals surface area contributed by atoms with Crippen LogP contribution in [0.5, 0.6) is 0 Å². The summed E-state index contributed by atoms with van der Waals surface area (Å²) < 4.78 is 3.84. The fourth-order valence-corrected chi connectivity index (χ4v) is 2.82. The SMILES string of the molecule is CCc1c(C)nn(CCNC(=O)[C@@H](C)n2ccnc2C)c1C. The number of rotatable bonds is 6. The molecule has 0 aliphatic carbocycles. The molecule has 0 spiro atoms. The zero-order valence-electron chi connectivity index (χ0n) is 14.1. The van der Waals surface area contributed by atoms with Gasteiger partial charge in [-0.25, -0.2) is 4.98 Å². The molecule has 22 heavy (non-hydrogen) atoms. The molecular weight excluding hydrogens is 278 g/mol. The number of amides is 1. The van der Waals surface area contributed by atoms with Crippen molar-refractivity contribution in [2.75, 3.05) is 6.54 Å². The number of nitrogens with one attached hydrogen (secondary N) is 1.